The molecule has 1 aliphatic rings. The smallest absolute Gasteiger partial charge is 0.137 e. The molecule has 76 valence electrons. The molecule has 0 saturated carbocycles. The molecule has 1 saturated heterocycles. The molecule has 1 rings (SSSR count). The summed E-state index contributed by atoms with van der Waals surface area (Å²) in [5.41, 5.74) is 0. The normalized spacial score (nSPS) is 27.8. The van der Waals surface area contributed by atoms with Gasteiger partial charge in [0.25, 0.3) is 0 Å². The van der Waals surface area contributed by atoms with E-state index in [2.05, 4.69) is 19.2 Å². The molecular weight excluding hydrogens is 162 g/mol. The van der Waals surface area contributed by atoms with Crippen LogP contribution in [-0.4, -0.2) is 18.4 Å². The van der Waals surface area contributed by atoms with Gasteiger partial charge in [0.15, 0.2) is 0 Å². The van der Waals surface area contributed by atoms with Crippen molar-refractivity contribution in [3.63, 3.8) is 0 Å². The summed E-state index contributed by atoms with van der Waals surface area (Å²) >= 11 is 0. The predicted molar refractivity (Wildman–Crippen MR) is 54.7 cm³/mol. The van der Waals surface area contributed by atoms with E-state index in [-0.39, 0.29) is 0 Å². The molecule has 0 amide bonds. The molecule has 0 aromatic rings. The second kappa shape index (κ2) is 5.38. The van der Waals surface area contributed by atoms with E-state index in [0.29, 0.717) is 17.7 Å². The lowest BCUT2D eigenvalue weighted by molar-refractivity contribution is -0.123. The van der Waals surface area contributed by atoms with E-state index >= 15 is 0 Å². The van der Waals surface area contributed by atoms with Crippen LogP contribution in [0.15, 0.2) is 0 Å². The van der Waals surface area contributed by atoms with Crippen LogP contribution in [0.1, 0.15) is 46.0 Å². The minimum Gasteiger partial charge on any atom is -0.314 e. The van der Waals surface area contributed by atoms with Crippen LogP contribution in [0.25, 0.3) is 0 Å². The Bertz CT molecular complexity index is 167. The van der Waals surface area contributed by atoms with Crippen molar-refractivity contribution in [2.45, 2.75) is 52.0 Å². The first-order chi connectivity index (χ1) is 6.25. The molecule has 2 nitrogen and oxygen atoms in total. The van der Waals surface area contributed by atoms with Gasteiger partial charge < -0.3 is 5.32 Å². The number of Topliss-reactive ketones (excluding diaryl/α,β-unsaturated/α-hetero) is 1. The maximum absolute atomic E-state index is 11.7. The zero-order chi connectivity index (χ0) is 9.68. The molecule has 1 heterocycles. The fourth-order valence-electron chi connectivity index (χ4n) is 2.03. The Morgan fingerprint density at radius 2 is 2.23 bits per heavy atom. The monoisotopic (exact) mass is 183 g/mol. The fraction of sp³-hybridized carbons (Fsp3) is 0.909. The van der Waals surface area contributed by atoms with Crippen molar-refractivity contribution in [1.82, 2.24) is 5.32 Å². The highest BCUT2D eigenvalue weighted by Gasteiger charge is 2.28. The Morgan fingerprint density at radius 1 is 1.46 bits per heavy atom. The van der Waals surface area contributed by atoms with Gasteiger partial charge in [0.05, 0.1) is 0 Å². The summed E-state index contributed by atoms with van der Waals surface area (Å²) in [4.78, 5) is 11.7. The van der Waals surface area contributed by atoms with Crippen molar-refractivity contribution in [3.8, 4) is 0 Å². The number of rotatable bonds is 5. The van der Waals surface area contributed by atoms with Gasteiger partial charge in [-0.3, -0.25) is 4.79 Å². The fourth-order valence-corrected chi connectivity index (χ4v) is 2.03. The minimum absolute atomic E-state index is 0.303. The number of hydrogen-bond donors (Lipinski definition) is 1. The van der Waals surface area contributed by atoms with E-state index in [1.807, 2.05) is 0 Å². The van der Waals surface area contributed by atoms with Crippen LogP contribution >= 0.6 is 0 Å². The first kappa shape index (κ1) is 10.7. The maximum atomic E-state index is 11.7. The summed E-state index contributed by atoms with van der Waals surface area (Å²) in [6.45, 7) is 5.31. The summed E-state index contributed by atoms with van der Waals surface area (Å²) in [6, 6.07) is 0.411. The summed E-state index contributed by atoms with van der Waals surface area (Å²) in [5.74, 6) is 0.780. The molecule has 0 bridgehead atoms. The molecule has 0 radical (unpaired) electrons. The molecule has 2 heteroatoms. The van der Waals surface area contributed by atoms with E-state index in [1.54, 1.807) is 0 Å². The van der Waals surface area contributed by atoms with Crippen LogP contribution in [0.3, 0.4) is 0 Å². The standard InChI is InChI=1S/C11H21NO/c1-3-4-5-6-11(13)10-7-8-12-9(10)2/h9-10,12H,3-8H2,1-2H3. The molecule has 1 aliphatic heterocycles. The van der Waals surface area contributed by atoms with Crippen LogP contribution in [0, 0.1) is 5.92 Å². The van der Waals surface area contributed by atoms with Gasteiger partial charge in [0, 0.05) is 18.4 Å². The zero-order valence-electron chi connectivity index (χ0n) is 8.81. The third-order valence-electron chi connectivity index (χ3n) is 2.97. The molecule has 13 heavy (non-hydrogen) atoms. The highest BCUT2D eigenvalue weighted by molar-refractivity contribution is 5.81. The Hall–Kier alpha value is -0.370. The Morgan fingerprint density at radius 3 is 2.77 bits per heavy atom. The third-order valence-corrected chi connectivity index (χ3v) is 2.97. The van der Waals surface area contributed by atoms with Gasteiger partial charge in [-0.05, 0) is 26.3 Å². The Kier molecular flexibility index (Phi) is 4.43. The van der Waals surface area contributed by atoms with E-state index < -0.39 is 0 Å². The lowest BCUT2D eigenvalue weighted by atomic mass is 9.93. The Labute approximate surface area is 81.1 Å². The SMILES string of the molecule is CCCCCC(=O)C1CCNC1C. The van der Waals surface area contributed by atoms with Crippen LogP contribution < -0.4 is 5.32 Å². The first-order valence-electron chi connectivity index (χ1n) is 5.51. The summed E-state index contributed by atoms with van der Waals surface area (Å²) in [6.07, 6.45) is 5.32. The molecule has 1 fully saturated rings. The number of unbranched alkanes of at least 4 members (excludes halogenated alkanes) is 2. The number of carbonyl (C=O) groups is 1. The molecule has 0 aromatic heterocycles. The quantitative estimate of drug-likeness (QED) is 0.662. The van der Waals surface area contributed by atoms with Crippen LogP contribution in [0.2, 0.25) is 0 Å². The molecule has 0 aliphatic carbocycles. The molecule has 0 aromatic carbocycles. The molecule has 1 N–H and O–H groups in total. The van der Waals surface area contributed by atoms with E-state index in [9.17, 15) is 4.79 Å². The van der Waals surface area contributed by atoms with Gasteiger partial charge in [-0.2, -0.15) is 0 Å². The van der Waals surface area contributed by atoms with Gasteiger partial charge in [-0.1, -0.05) is 19.8 Å². The summed E-state index contributed by atoms with van der Waals surface area (Å²) in [7, 11) is 0. The van der Waals surface area contributed by atoms with Gasteiger partial charge in [-0.15, -0.1) is 0 Å². The summed E-state index contributed by atoms with van der Waals surface area (Å²) in [5, 5.41) is 3.32. The van der Waals surface area contributed by atoms with E-state index in [4.69, 9.17) is 0 Å². The second-order valence-electron chi connectivity index (χ2n) is 4.06. The molecular formula is C11H21NO. The van der Waals surface area contributed by atoms with Crippen LogP contribution in [0.4, 0.5) is 0 Å². The average molecular weight is 183 g/mol. The van der Waals surface area contributed by atoms with E-state index in [1.165, 1.54) is 12.8 Å². The number of nitrogens with one attached hydrogen (secondary N) is 1. The van der Waals surface area contributed by atoms with Crippen molar-refractivity contribution < 1.29 is 4.79 Å². The van der Waals surface area contributed by atoms with Gasteiger partial charge in [0.1, 0.15) is 5.78 Å². The predicted octanol–water partition coefficient (Wildman–Crippen LogP) is 2.13. The van der Waals surface area contributed by atoms with Crippen molar-refractivity contribution in [2.75, 3.05) is 6.54 Å². The van der Waals surface area contributed by atoms with Gasteiger partial charge in [-0.25, -0.2) is 0 Å². The van der Waals surface area contributed by atoms with Crippen molar-refractivity contribution in [1.29, 1.82) is 0 Å². The van der Waals surface area contributed by atoms with Crippen LogP contribution in [0.5, 0.6) is 0 Å². The lowest BCUT2D eigenvalue weighted by Crippen LogP contribution is -2.28. The third kappa shape index (κ3) is 3.11. The maximum Gasteiger partial charge on any atom is 0.137 e. The minimum atomic E-state index is 0.303. The molecule has 0 spiro atoms. The lowest BCUT2D eigenvalue weighted by Gasteiger charge is -2.13. The van der Waals surface area contributed by atoms with Gasteiger partial charge in [0.2, 0.25) is 0 Å². The Balaban J connectivity index is 2.22. The second-order valence-corrected chi connectivity index (χ2v) is 4.06. The molecule has 2 unspecified atom stereocenters. The first-order valence-corrected chi connectivity index (χ1v) is 5.51. The van der Waals surface area contributed by atoms with E-state index in [0.717, 1.165) is 25.8 Å². The highest BCUT2D eigenvalue weighted by atomic mass is 16.1. The number of ketones is 1. The average Bonchev–Trinajstić information content (AvgIpc) is 2.52. The largest absolute Gasteiger partial charge is 0.314 e. The van der Waals surface area contributed by atoms with Crippen molar-refractivity contribution in [3.05, 3.63) is 0 Å². The number of hydrogen-bond acceptors (Lipinski definition) is 2. The van der Waals surface area contributed by atoms with Crippen LogP contribution in [-0.2, 0) is 4.79 Å². The van der Waals surface area contributed by atoms with Crippen molar-refractivity contribution in [2.24, 2.45) is 5.92 Å². The van der Waals surface area contributed by atoms with Crippen molar-refractivity contribution >= 4 is 5.78 Å². The summed E-state index contributed by atoms with van der Waals surface area (Å²) < 4.78 is 0. The topological polar surface area (TPSA) is 29.1 Å². The van der Waals surface area contributed by atoms with Gasteiger partial charge >= 0.3 is 0 Å². The molecule has 2 atom stereocenters. The zero-order valence-corrected chi connectivity index (χ0v) is 8.81. The highest BCUT2D eigenvalue weighted by Crippen LogP contribution is 2.18. The number of carbonyl (C=O) groups excluding carboxylic acids is 1.